The second-order valence-electron chi connectivity index (χ2n) is 6.14. The first-order valence-electron chi connectivity index (χ1n) is 8.04. The van der Waals surface area contributed by atoms with Gasteiger partial charge in [-0.15, -0.1) is 0 Å². The number of carbonyl (C=O) groups is 2. The number of hydrogen-bond acceptors (Lipinski definition) is 3. The molecule has 0 aromatic heterocycles. The number of nitrogens with zero attached hydrogens (tertiary/aromatic N) is 1. The van der Waals surface area contributed by atoms with Gasteiger partial charge in [-0.25, -0.2) is 0 Å². The summed E-state index contributed by atoms with van der Waals surface area (Å²) >= 11 is 6.02. The van der Waals surface area contributed by atoms with Crippen LogP contribution in [0.25, 0.3) is 11.1 Å². The molecule has 1 aliphatic heterocycles. The van der Waals surface area contributed by atoms with E-state index in [9.17, 15) is 9.59 Å². The predicted octanol–water partition coefficient (Wildman–Crippen LogP) is 2.72. The van der Waals surface area contributed by atoms with Crippen molar-refractivity contribution in [1.82, 2.24) is 4.90 Å². The number of halogens is 1. The van der Waals surface area contributed by atoms with Crippen LogP contribution in [0, 0.1) is 0 Å². The molecule has 0 spiro atoms. The van der Waals surface area contributed by atoms with Crippen molar-refractivity contribution in [3.63, 3.8) is 0 Å². The topological polar surface area (TPSA) is 72.6 Å². The van der Waals surface area contributed by atoms with Crippen LogP contribution in [0.5, 0.6) is 0 Å². The van der Waals surface area contributed by atoms with E-state index in [4.69, 9.17) is 22.1 Å². The summed E-state index contributed by atoms with van der Waals surface area (Å²) in [7, 11) is 0. The highest BCUT2D eigenvalue weighted by Gasteiger charge is 2.31. The zero-order valence-electron chi connectivity index (χ0n) is 13.8. The molecule has 1 aliphatic rings. The standard InChI is InChI=1S/C19H19ClN2O3/c1-12-10-22(11-17(25-12)18(21)23)19(24)14-7-5-13(6-8-14)15-3-2-4-16(20)9-15/h2-9,12,17H,10-11H2,1H3,(H2,21,23). The van der Waals surface area contributed by atoms with Crippen molar-refractivity contribution in [2.75, 3.05) is 13.1 Å². The minimum Gasteiger partial charge on any atom is -0.367 e. The van der Waals surface area contributed by atoms with Gasteiger partial charge in [-0.3, -0.25) is 9.59 Å². The molecule has 1 saturated heterocycles. The van der Waals surface area contributed by atoms with Crippen LogP contribution in [-0.4, -0.2) is 42.0 Å². The zero-order chi connectivity index (χ0) is 18.0. The molecule has 1 heterocycles. The Balaban J connectivity index is 1.77. The summed E-state index contributed by atoms with van der Waals surface area (Å²) in [6.45, 7) is 2.42. The third-order valence-electron chi connectivity index (χ3n) is 4.15. The molecule has 0 radical (unpaired) electrons. The Bertz CT molecular complexity index is 792. The highest BCUT2D eigenvalue weighted by molar-refractivity contribution is 6.30. The van der Waals surface area contributed by atoms with Crippen LogP contribution in [0.1, 0.15) is 17.3 Å². The first kappa shape index (κ1) is 17.5. The van der Waals surface area contributed by atoms with E-state index >= 15 is 0 Å². The summed E-state index contributed by atoms with van der Waals surface area (Å²) in [5, 5.41) is 0.664. The molecule has 0 saturated carbocycles. The average molecular weight is 359 g/mol. The van der Waals surface area contributed by atoms with Crippen molar-refractivity contribution >= 4 is 23.4 Å². The Morgan fingerprint density at radius 3 is 2.48 bits per heavy atom. The molecule has 0 bridgehead atoms. The minimum absolute atomic E-state index is 0.140. The number of amides is 2. The van der Waals surface area contributed by atoms with Gasteiger partial charge in [0.25, 0.3) is 5.91 Å². The molecule has 2 N–H and O–H groups in total. The fourth-order valence-corrected chi connectivity index (χ4v) is 3.12. The van der Waals surface area contributed by atoms with E-state index in [-0.39, 0.29) is 18.6 Å². The largest absolute Gasteiger partial charge is 0.367 e. The molecule has 6 heteroatoms. The first-order valence-corrected chi connectivity index (χ1v) is 8.42. The molecule has 5 nitrogen and oxygen atoms in total. The molecule has 1 fully saturated rings. The third-order valence-corrected chi connectivity index (χ3v) is 4.39. The molecule has 2 aromatic carbocycles. The Hall–Kier alpha value is -2.37. The van der Waals surface area contributed by atoms with E-state index in [0.29, 0.717) is 17.1 Å². The van der Waals surface area contributed by atoms with Gasteiger partial charge >= 0.3 is 0 Å². The maximum atomic E-state index is 12.7. The number of nitrogens with two attached hydrogens (primary N) is 1. The second-order valence-corrected chi connectivity index (χ2v) is 6.57. The molecule has 0 aliphatic carbocycles. The predicted molar refractivity (Wildman–Crippen MR) is 96.3 cm³/mol. The van der Waals surface area contributed by atoms with Crippen LogP contribution in [0.15, 0.2) is 48.5 Å². The van der Waals surface area contributed by atoms with Gasteiger partial charge in [-0.05, 0) is 42.3 Å². The number of rotatable bonds is 3. The van der Waals surface area contributed by atoms with Crippen molar-refractivity contribution in [3.8, 4) is 11.1 Å². The Morgan fingerprint density at radius 1 is 1.12 bits per heavy atom. The molecular weight excluding hydrogens is 340 g/mol. The van der Waals surface area contributed by atoms with Crippen LogP contribution in [0.4, 0.5) is 0 Å². The van der Waals surface area contributed by atoms with E-state index < -0.39 is 12.0 Å². The summed E-state index contributed by atoms with van der Waals surface area (Å²) in [6, 6.07) is 14.9. The molecule has 2 aromatic rings. The highest BCUT2D eigenvalue weighted by atomic mass is 35.5. The molecule has 2 amide bonds. The quantitative estimate of drug-likeness (QED) is 0.916. The van der Waals surface area contributed by atoms with Gasteiger partial charge in [0.2, 0.25) is 5.91 Å². The second kappa shape index (κ2) is 7.25. The van der Waals surface area contributed by atoms with E-state index in [2.05, 4.69) is 0 Å². The maximum Gasteiger partial charge on any atom is 0.254 e. The van der Waals surface area contributed by atoms with Crippen molar-refractivity contribution < 1.29 is 14.3 Å². The summed E-state index contributed by atoms with van der Waals surface area (Å²) in [4.78, 5) is 25.7. The fraction of sp³-hybridized carbons (Fsp3) is 0.263. The van der Waals surface area contributed by atoms with Gasteiger partial charge in [0.15, 0.2) is 6.10 Å². The van der Waals surface area contributed by atoms with Gasteiger partial charge in [0.1, 0.15) is 0 Å². The summed E-state index contributed by atoms with van der Waals surface area (Å²) < 4.78 is 5.47. The molecular formula is C19H19ClN2O3. The normalized spacial score (nSPS) is 20.3. The number of hydrogen-bond donors (Lipinski definition) is 1. The Kier molecular flexibility index (Phi) is 5.06. The number of ether oxygens (including phenoxy) is 1. The number of primary amides is 1. The summed E-state index contributed by atoms with van der Waals surface area (Å²) in [5.41, 5.74) is 7.84. The van der Waals surface area contributed by atoms with Crippen LogP contribution in [0.3, 0.4) is 0 Å². The fourth-order valence-electron chi connectivity index (χ4n) is 2.93. The lowest BCUT2D eigenvalue weighted by Gasteiger charge is -2.35. The Labute approximate surface area is 151 Å². The van der Waals surface area contributed by atoms with Crippen LogP contribution in [-0.2, 0) is 9.53 Å². The van der Waals surface area contributed by atoms with Crippen LogP contribution in [0.2, 0.25) is 5.02 Å². The molecule has 130 valence electrons. The lowest BCUT2D eigenvalue weighted by atomic mass is 10.0. The lowest BCUT2D eigenvalue weighted by Crippen LogP contribution is -2.53. The molecule has 3 rings (SSSR count). The third kappa shape index (κ3) is 4.00. The lowest BCUT2D eigenvalue weighted by molar-refractivity contribution is -0.140. The van der Waals surface area contributed by atoms with Gasteiger partial charge in [0, 0.05) is 17.1 Å². The molecule has 2 unspecified atom stereocenters. The van der Waals surface area contributed by atoms with Crippen LogP contribution >= 0.6 is 11.6 Å². The molecule has 25 heavy (non-hydrogen) atoms. The number of benzene rings is 2. The molecule has 2 atom stereocenters. The SMILES string of the molecule is CC1CN(C(=O)c2ccc(-c3cccc(Cl)c3)cc2)CC(C(N)=O)O1. The van der Waals surface area contributed by atoms with Gasteiger partial charge in [-0.2, -0.15) is 0 Å². The van der Waals surface area contributed by atoms with Crippen molar-refractivity contribution in [3.05, 3.63) is 59.1 Å². The van der Waals surface area contributed by atoms with Crippen molar-refractivity contribution in [2.24, 2.45) is 5.73 Å². The monoisotopic (exact) mass is 358 g/mol. The van der Waals surface area contributed by atoms with E-state index in [1.807, 2.05) is 43.3 Å². The average Bonchev–Trinajstić information content (AvgIpc) is 2.60. The smallest absolute Gasteiger partial charge is 0.254 e. The summed E-state index contributed by atoms with van der Waals surface area (Å²) in [6.07, 6.45) is -1.00. The zero-order valence-corrected chi connectivity index (χ0v) is 14.6. The highest BCUT2D eigenvalue weighted by Crippen LogP contribution is 2.24. The van der Waals surface area contributed by atoms with Gasteiger partial charge in [0.05, 0.1) is 12.6 Å². The van der Waals surface area contributed by atoms with E-state index in [1.165, 1.54) is 0 Å². The van der Waals surface area contributed by atoms with Crippen LogP contribution < -0.4 is 5.73 Å². The van der Waals surface area contributed by atoms with E-state index in [0.717, 1.165) is 11.1 Å². The maximum absolute atomic E-state index is 12.7. The minimum atomic E-state index is -0.765. The number of morpholine rings is 1. The first-order chi connectivity index (χ1) is 11.9. The number of carbonyl (C=O) groups excluding carboxylic acids is 2. The van der Waals surface area contributed by atoms with Crippen molar-refractivity contribution in [1.29, 1.82) is 0 Å². The summed E-state index contributed by atoms with van der Waals surface area (Å²) in [5.74, 6) is -0.695. The van der Waals surface area contributed by atoms with E-state index in [1.54, 1.807) is 17.0 Å². The van der Waals surface area contributed by atoms with Gasteiger partial charge in [-0.1, -0.05) is 35.9 Å². The Morgan fingerprint density at radius 2 is 1.84 bits per heavy atom. The van der Waals surface area contributed by atoms with Gasteiger partial charge < -0.3 is 15.4 Å². The van der Waals surface area contributed by atoms with Crippen molar-refractivity contribution in [2.45, 2.75) is 19.1 Å².